The summed E-state index contributed by atoms with van der Waals surface area (Å²) >= 11 is 0. The normalized spacial score (nSPS) is 13.9. The van der Waals surface area contributed by atoms with Crippen molar-refractivity contribution >= 4 is 22.9 Å². The maximum atomic E-state index is 11.1. The number of ether oxygens (including phenoxy) is 2. The van der Waals surface area contributed by atoms with Crippen LogP contribution in [-0.4, -0.2) is 74.0 Å². The second-order valence-electron chi connectivity index (χ2n) is 7.74. The molecule has 0 atom stereocenters. The molecule has 0 spiro atoms. The van der Waals surface area contributed by atoms with E-state index in [0.717, 1.165) is 62.3 Å². The number of hydrogen-bond donors (Lipinski definition) is 2. The molecule has 176 valence electrons. The molecular formula is C21H28N8O4. The molecule has 3 aromatic rings. The summed E-state index contributed by atoms with van der Waals surface area (Å²) in [7, 11) is 1.52. The summed E-state index contributed by atoms with van der Waals surface area (Å²) in [5.41, 5.74) is 3.88. The van der Waals surface area contributed by atoms with Crippen LogP contribution in [0.5, 0.6) is 6.01 Å². The minimum absolute atomic E-state index is 0.287. The lowest BCUT2D eigenvalue weighted by molar-refractivity contribution is -0.129. The van der Waals surface area contributed by atoms with Gasteiger partial charge >= 0.3 is 6.01 Å². The average molecular weight is 457 g/mol. The zero-order valence-electron chi connectivity index (χ0n) is 18.6. The monoisotopic (exact) mass is 456 g/mol. The lowest BCUT2D eigenvalue weighted by Crippen LogP contribution is -2.37. The third-order valence-corrected chi connectivity index (χ3v) is 5.50. The molecule has 2 N–H and O–H groups in total. The maximum absolute atomic E-state index is 11.1. The zero-order chi connectivity index (χ0) is 23.0. The number of aryl methyl sites for hydroxylation is 1. The fourth-order valence-corrected chi connectivity index (χ4v) is 3.73. The van der Waals surface area contributed by atoms with E-state index in [0.29, 0.717) is 31.0 Å². The van der Waals surface area contributed by atoms with Gasteiger partial charge in [-0.05, 0) is 12.8 Å². The summed E-state index contributed by atoms with van der Waals surface area (Å²) in [6.45, 7) is 3.50. The largest absolute Gasteiger partial charge is 0.467 e. The van der Waals surface area contributed by atoms with E-state index in [1.165, 1.54) is 7.11 Å². The minimum Gasteiger partial charge on any atom is -0.467 e. The highest BCUT2D eigenvalue weighted by molar-refractivity contribution is 5.85. The Hall–Kier alpha value is -3.38. The lowest BCUT2D eigenvalue weighted by atomic mass is 10.1. The number of fused-ring (bicyclic) bond motifs is 1. The molecule has 0 aliphatic carbocycles. The first kappa shape index (κ1) is 22.8. The first-order valence-electron chi connectivity index (χ1n) is 11.0. The third-order valence-electron chi connectivity index (χ3n) is 5.50. The Morgan fingerprint density at radius 3 is 2.61 bits per heavy atom. The fourth-order valence-electron chi connectivity index (χ4n) is 3.73. The number of carbonyl (C=O) groups excluding carboxylic acids is 1. The fraction of sp³-hybridized carbons (Fsp3) is 0.524. The van der Waals surface area contributed by atoms with Gasteiger partial charge in [0.1, 0.15) is 0 Å². The average Bonchev–Trinajstić information content (AvgIpc) is 3.28. The Kier molecular flexibility index (Phi) is 7.58. The van der Waals surface area contributed by atoms with Gasteiger partial charge in [0.25, 0.3) is 0 Å². The van der Waals surface area contributed by atoms with E-state index in [4.69, 9.17) is 24.6 Å². The van der Waals surface area contributed by atoms with Gasteiger partial charge in [-0.15, -0.1) is 0 Å². The van der Waals surface area contributed by atoms with Crippen LogP contribution in [0.25, 0.3) is 22.6 Å². The Balaban J connectivity index is 1.56. The van der Waals surface area contributed by atoms with Gasteiger partial charge in [-0.1, -0.05) is 12.8 Å². The highest BCUT2D eigenvalue weighted by Gasteiger charge is 2.21. The van der Waals surface area contributed by atoms with Crippen molar-refractivity contribution in [2.45, 2.75) is 38.6 Å². The molecule has 3 aromatic heterocycles. The summed E-state index contributed by atoms with van der Waals surface area (Å²) in [4.78, 5) is 35.9. The Bertz CT molecular complexity index is 1070. The molecule has 0 aromatic carbocycles. The number of imidazole rings is 1. The number of carbonyl (C=O) groups is 1. The molecule has 33 heavy (non-hydrogen) atoms. The first-order chi connectivity index (χ1) is 16.2. The van der Waals surface area contributed by atoms with Gasteiger partial charge in [0.2, 0.25) is 5.91 Å². The number of methoxy groups -OCH3 is 1. The van der Waals surface area contributed by atoms with Crippen LogP contribution in [0.2, 0.25) is 0 Å². The number of hydrogen-bond acceptors (Lipinski definition) is 10. The molecule has 1 aliphatic heterocycles. The van der Waals surface area contributed by atoms with Gasteiger partial charge in [-0.25, -0.2) is 30.4 Å². The molecule has 4 heterocycles. The predicted octanol–water partition coefficient (Wildman–Crippen LogP) is 1.58. The molecule has 1 amide bonds. The third kappa shape index (κ3) is 5.52. The number of hydroxylamine groups is 1. The van der Waals surface area contributed by atoms with E-state index in [-0.39, 0.29) is 11.9 Å². The van der Waals surface area contributed by atoms with Crippen LogP contribution in [0.4, 0.5) is 5.82 Å². The van der Waals surface area contributed by atoms with Crippen molar-refractivity contribution in [1.82, 2.24) is 35.0 Å². The van der Waals surface area contributed by atoms with Crippen molar-refractivity contribution in [3.63, 3.8) is 0 Å². The number of aromatic nitrogens is 6. The number of unbranched alkanes of at least 4 members (excludes halogenated alkanes) is 3. The minimum atomic E-state index is -0.349. The van der Waals surface area contributed by atoms with Crippen molar-refractivity contribution in [1.29, 1.82) is 0 Å². The lowest BCUT2D eigenvalue weighted by Gasteiger charge is -2.28. The maximum Gasteiger partial charge on any atom is 0.316 e. The van der Waals surface area contributed by atoms with Crippen LogP contribution < -0.4 is 15.1 Å². The number of rotatable bonds is 10. The molecule has 1 saturated heterocycles. The van der Waals surface area contributed by atoms with Crippen molar-refractivity contribution in [3.8, 4) is 17.4 Å². The van der Waals surface area contributed by atoms with Gasteiger partial charge in [-0.2, -0.15) is 0 Å². The molecule has 1 fully saturated rings. The van der Waals surface area contributed by atoms with Gasteiger partial charge in [0.15, 0.2) is 22.8 Å². The van der Waals surface area contributed by atoms with Crippen molar-refractivity contribution in [2.75, 3.05) is 38.3 Å². The highest BCUT2D eigenvalue weighted by Crippen LogP contribution is 2.27. The Morgan fingerprint density at radius 2 is 1.88 bits per heavy atom. The predicted molar refractivity (Wildman–Crippen MR) is 119 cm³/mol. The van der Waals surface area contributed by atoms with Crippen LogP contribution >= 0.6 is 0 Å². The van der Waals surface area contributed by atoms with Gasteiger partial charge in [0.05, 0.1) is 32.2 Å². The summed E-state index contributed by atoms with van der Waals surface area (Å²) in [6, 6.07) is 0.287. The number of amides is 1. The molecule has 0 saturated carbocycles. The van der Waals surface area contributed by atoms with Crippen LogP contribution in [0.15, 0.2) is 18.7 Å². The SMILES string of the molecule is COc1ncc(-c2nc(N3CCOCC3)c3ncn(CCCCCCC(=O)NO)c3n2)cn1. The van der Waals surface area contributed by atoms with E-state index in [1.807, 2.05) is 4.57 Å². The van der Waals surface area contributed by atoms with E-state index < -0.39 is 0 Å². The number of nitrogens with one attached hydrogen (secondary N) is 1. The molecule has 12 nitrogen and oxygen atoms in total. The quantitative estimate of drug-likeness (QED) is 0.262. The zero-order valence-corrected chi connectivity index (χ0v) is 18.6. The van der Waals surface area contributed by atoms with Gasteiger partial charge in [-0.3, -0.25) is 10.0 Å². The molecule has 0 unspecified atom stereocenters. The van der Waals surface area contributed by atoms with Crippen LogP contribution in [-0.2, 0) is 16.1 Å². The number of nitrogens with zero attached hydrogens (tertiary/aromatic N) is 7. The standard InChI is InChI=1S/C21H28N8O4/c1-32-21-22-12-15(13-23-21)18-25-19(28-8-10-33-11-9-28)17-20(26-18)29(14-24-17)7-5-3-2-4-6-16(30)27-31/h12-14,31H,2-11H2,1H3,(H,27,30). The van der Waals surface area contributed by atoms with E-state index >= 15 is 0 Å². The summed E-state index contributed by atoms with van der Waals surface area (Å²) in [6.07, 6.45) is 8.96. The van der Waals surface area contributed by atoms with E-state index in [1.54, 1.807) is 24.2 Å². The first-order valence-corrected chi connectivity index (χ1v) is 11.0. The Morgan fingerprint density at radius 1 is 1.12 bits per heavy atom. The smallest absolute Gasteiger partial charge is 0.316 e. The topological polar surface area (TPSA) is 140 Å². The Labute approximate surface area is 191 Å². The number of morpholine rings is 1. The van der Waals surface area contributed by atoms with E-state index in [9.17, 15) is 4.79 Å². The molecule has 4 rings (SSSR count). The van der Waals surface area contributed by atoms with Crippen molar-refractivity contribution < 1.29 is 19.5 Å². The molecule has 0 bridgehead atoms. The summed E-state index contributed by atoms with van der Waals surface area (Å²) < 4.78 is 12.6. The summed E-state index contributed by atoms with van der Waals surface area (Å²) in [5, 5.41) is 8.56. The van der Waals surface area contributed by atoms with Crippen LogP contribution in [0.3, 0.4) is 0 Å². The van der Waals surface area contributed by atoms with Crippen LogP contribution in [0.1, 0.15) is 32.1 Å². The molecule has 0 radical (unpaired) electrons. The van der Waals surface area contributed by atoms with Crippen LogP contribution in [0, 0.1) is 0 Å². The number of anilines is 1. The second kappa shape index (κ2) is 11.0. The summed E-state index contributed by atoms with van der Waals surface area (Å²) in [5.74, 6) is 0.962. The molecule has 12 heteroatoms. The van der Waals surface area contributed by atoms with E-state index in [2.05, 4.69) is 19.9 Å². The van der Waals surface area contributed by atoms with Crippen molar-refractivity contribution in [2.24, 2.45) is 0 Å². The molecule has 1 aliphatic rings. The second-order valence-corrected chi connectivity index (χ2v) is 7.74. The van der Waals surface area contributed by atoms with Gasteiger partial charge in [0, 0.05) is 38.4 Å². The van der Waals surface area contributed by atoms with Crippen molar-refractivity contribution in [3.05, 3.63) is 18.7 Å². The van der Waals surface area contributed by atoms with Gasteiger partial charge < -0.3 is 18.9 Å². The highest BCUT2D eigenvalue weighted by atomic mass is 16.5. The molecular weight excluding hydrogens is 428 g/mol.